The fourth-order valence-electron chi connectivity index (χ4n) is 9.06. The fraction of sp³-hybridized carbons (Fsp3) is 0. The van der Waals surface area contributed by atoms with Gasteiger partial charge in [0.05, 0.1) is 22.1 Å². The molecule has 0 unspecified atom stereocenters. The zero-order chi connectivity index (χ0) is 37.5. The lowest BCUT2D eigenvalue weighted by molar-refractivity contribution is 1.18. The normalized spacial score (nSPS) is 11.9. The Kier molecular flexibility index (Phi) is 7.13. The van der Waals surface area contributed by atoms with Crippen LogP contribution in [0.2, 0.25) is 0 Å². The minimum Gasteiger partial charge on any atom is -0.309 e. The van der Waals surface area contributed by atoms with E-state index in [0.29, 0.717) is 0 Å². The molecule has 3 heterocycles. The van der Waals surface area contributed by atoms with Crippen LogP contribution in [0.3, 0.4) is 0 Å². The van der Waals surface area contributed by atoms with Gasteiger partial charge in [0.2, 0.25) is 0 Å². The molecule has 9 aromatic carbocycles. The molecule has 0 N–H and O–H groups in total. The highest BCUT2D eigenvalue weighted by Gasteiger charge is 2.18. The van der Waals surface area contributed by atoms with Gasteiger partial charge in [-0.3, -0.25) is 0 Å². The lowest BCUT2D eigenvalue weighted by atomic mass is 9.98. The number of aromatic nitrogens is 2. The van der Waals surface area contributed by atoms with Crippen LogP contribution in [0.5, 0.6) is 0 Å². The molecule has 0 aliphatic heterocycles. The van der Waals surface area contributed by atoms with Crippen LogP contribution in [-0.2, 0) is 0 Å². The molecule has 57 heavy (non-hydrogen) atoms. The predicted octanol–water partition coefficient (Wildman–Crippen LogP) is 15.2. The molecular weight excluding hydrogens is 709 g/mol. The van der Waals surface area contributed by atoms with E-state index in [9.17, 15) is 0 Å². The highest BCUT2D eigenvalue weighted by molar-refractivity contribution is 7.26. The van der Waals surface area contributed by atoms with E-state index in [1.807, 2.05) is 11.3 Å². The maximum absolute atomic E-state index is 2.43. The summed E-state index contributed by atoms with van der Waals surface area (Å²) < 4.78 is 7.48. The van der Waals surface area contributed by atoms with Gasteiger partial charge < -0.3 is 9.13 Å². The molecule has 0 aliphatic carbocycles. The first-order chi connectivity index (χ1) is 28.3. The minimum absolute atomic E-state index is 1.15. The van der Waals surface area contributed by atoms with Crippen LogP contribution in [0, 0.1) is 0 Å². The topological polar surface area (TPSA) is 9.86 Å². The van der Waals surface area contributed by atoms with Crippen molar-refractivity contribution in [2.45, 2.75) is 0 Å². The van der Waals surface area contributed by atoms with Crippen molar-refractivity contribution in [3.05, 3.63) is 206 Å². The van der Waals surface area contributed by atoms with Crippen molar-refractivity contribution in [1.82, 2.24) is 9.13 Å². The van der Waals surface area contributed by atoms with E-state index in [2.05, 4.69) is 215 Å². The maximum Gasteiger partial charge on any atom is 0.0541 e. The Balaban J connectivity index is 1.07. The van der Waals surface area contributed by atoms with Crippen LogP contribution in [0.4, 0.5) is 0 Å². The number of rotatable bonds is 5. The average molecular weight is 743 g/mol. The van der Waals surface area contributed by atoms with Gasteiger partial charge >= 0.3 is 0 Å². The number of fused-ring (bicyclic) bond motifs is 9. The first-order valence-electron chi connectivity index (χ1n) is 19.5. The lowest BCUT2D eigenvalue weighted by Gasteiger charge is -2.10. The molecule has 0 saturated heterocycles. The third-order valence-corrected chi connectivity index (χ3v) is 13.0. The Bertz CT molecular complexity index is 3490. The summed E-state index contributed by atoms with van der Waals surface area (Å²) in [5.41, 5.74) is 14.5. The molecule has 0 atom stereocenters. The van der Waals surface area contributed by atoms with Crippen LogP contribution < -0.4 is 0 Å². The van der Waals surface area contributed by atoms with E-state index in [1.54, 1.807) is 0 Å². The summed E-state index contributed by atoms with van der Waals surface area (Å²) in [6.07, 6.45) is 0. The molecule has 0 fully saturated rings. The van der Waals surface area contributed by atoms with Crippen LogP contribution in [0.25, 0.3) is 109 Å². The molecule has 0 amide bonds. The van der Waals surface area contributed by atoms with Crippen molar-refractivity contribution in [2.75, 3.05) is 0 Å². The Morgan fingerprint density at radius 3 is 1.46 bits per heavy atom. The molecule has 12 aromatic rings. The van der Waals surface area contributed by atoms with E-state index < -0.39 is 0 Å². The lowest BCUT2D eigenvalue weighted by Crippen LogP contribution is -1.94. The smallest absolute Gasteiger partial charge is 0.0541 e. The average Bonchev–Trinajstić information content (AvgIpc) is 3.94. The second-order valence-electron chi connectivity index (χ2n) is 14.9. The third kappa shape index (κ3) is 5.03. The van der Waals surface area contributed by atoms with Crippen molar-refractivity contribution in [3.8, 4) is 44.8 Å². The van der Waals surface area contributed by atoms with Crippen LogP contribution in [-0.4, -0.2) is 9.13 Å². The molecular formula is C54H34N2S. The van der Waals surface area contributed by atoms with Gasteiger partial charge in [0.15, 0.2) is 0 Å². The molecule has 266 valence electrons. The van der Waals surface area contributed by atoms with E-state index in [4.69, 9.17) is 0 Å². The van der Waals surface area contributed by atoms with Crippen LogP contribution in [0.1, 0.15) is 0 Å². The summed E-state index contributed by atoms with van der Waals surface area (Å²) in [7, 11) is 0. The first-order valence-corrected chi connectivity index (χ1v) is 20.3. The van der Waals surface area contributed by atoms with Crippen LogP contribution >= 0.6 is 11.3 Å². The summed E-state index contributed by atoms with van der Waals surface area (Å²) in [6, 6.07) is 75.7. The van der Waals surface area contributed by atoms with Gasteiger partial charge in [0, 0.05) is 53.1 Å². The number of thiophene rings is 1. The number of nitrogens with zero attached hydrogens (tertiary/aromatic N) is 2. The molecule has 0 spiro atoms. The quantitative estimate of drug-likeness (QED) is 0.166. The standard InChI is InChI=1S/C54H34N2S/c1-3-12-35(13-4-1)36-22-27-41(28-23-36)56-51-30-25-38(37-24-29-50-46(32-37)43-16-7-9-20-49(43)55(50)40-14-5-2-6-15-40)33-47(51)48-34-39(26-31-52(48)56)42-18-11-19-45-44-17-8-10-21-53(44)57-54(42)45/h1-34H. The van der Waals surface area contributed by atoms with Crippen molar-refractivity contribution >= 4 is 75.1 Å². The van der Waals surface area contributed by atoms with E-state index in [1.165, 1.54) is 103 Å². The molecule has 0 saturated carbocycles. The molecule has 3 heteroatoms. The monoisotopic (exact) mass is 742 g/mol. The summed E-state index contributed by atoms with van der Waals surface area (Å²) in [5, 5.41) is 7.65. The summed E-state index contributed by atoms with van der Waals surface area (Å²) in [4.78, 5) is 0. The van der Waals surface area contributed by atoms with Gasteiger partial charge in [0.1, 0.15) is 0 Å². The first kappa shape index (κ1) is 32.1. The zero-order valence-electron chi connectivity index (χ0n) is 30.9. The van der Waals surface area contributed by atoms with E-state index in [0.717, 1.165) is 5.69 Å². The van der Waals surface area contributed by atoms with Crippen molar-refractivity contribution < 1.29 is 0 Å². The summed E-state index contributed by atoms with van der Waals surface area (Å²) in [5.74, 6) is 0. The second-order valence-corrected chi connectivity index (χ2v) is 16.0. The number of benzene rings is 9. The van der Waals surface area contributed by atoms with E-state index >= 15 is 0 Å². The molecule has 3 aromatic heterocycles. The Morgan fingerprint density at radius 2 is 0.754 bits per heavy atom. The van der Waals surface area contributed by atoms with Gasteiger partial charge in [-0.05, 0) is 106 Å². The van der Waals surface area contributed by atoms with Crippen molar-refractivity contribution in [3.63, 3.8) is 0 Å². The van der Waals surface area contributed by atoms with Crippen molar-refractivity contribution in [1.29, 1.82) is 0 Å². The van der Waals surface area contributed by atoms with Crippen molar-refractivity contribution in [2.24, 2.45) is 0 Å². The number of para-hydroxylation sites is 2. The molecule has 2 nitrogen and oxygen atoms in total. The van der Waals surface area contributed by atoms with Gasteiger partial charge in [-0.25, -0.2) is 0 Å². The zero-order valence-corrected chi connectivity index (χ0v) is 31.7. The molecule has 0 bridgehead atoms. The second kappa shape index (κ2) is 12.7. The SMILES string of the molecule is c1ccc(-c2ccc(-n3c4ccc(-c5ccc6c(c5)c5ccccc5n6-c5ccccc5)cc4c4cc(-c5cccc6c5sc5ccccc56)ccc43)cc2)cc1. The van der Waals surface area contributed by atoms with Crippen LogP contribution in [0.15, 0.2) is 206 Å². The Hall–Kier alpha value is -7.20. The van der Waals surface area contributed by atoms with Gasteiger partial charge in [0.25, 0.3) is 0 Å². The minimum atomic E-state index is 1.15. The number of hydrogen-bond donors (Lipinski definition) is 0. The number of hydrogen-bond acceptors (Lipinski definition) is 1. The molecule has 12 rings (SSSR count). The maximum atomic E-state index is 2.43. The summed E-state index contributed by atoms with van der Waals surface area (Å²) >= 11 is 1.89. The highest BCUT2D eigenvalue weighted by Crippen LogP contribution is 2.43. The Labute approximate surface area is 333 Å². The van der Waals surface area contributed by atoms with E-state index in [-0.39, 0.29) is 0 Å². The van der Waals surface area contributed by atoms with Gasteiger partial charge in [-0.15, -0.1) is 11.3 Å². The highest BCUT2D eigenvalue weighted by atomic mass is 32.1. The Morgan fingerprint density at radius 1 is 0.281 bits per heavy atom. The fourth-order valence-corrected chi connectivity index (χ4v) is 10.3. The predicted molar refractivity (Wildman–Crippen MR) is 244 cm³/mol. The summed E-state index contributed by atoms with van der Waals surface area (Å²) in [6.45, 7) is 0. The largest absolute Gasteiger partial charge is 0.309 e. The third-order valence-electron chi connectivity index (χ3n) is 11.7. The molecule has 0 radical (unpaired) electrons. The molecule has 0 aliphatic rings. The van der Waals surface area contributed by atoms with Gasteiger partial charge in [-0.2, -0.15) is 0 Å². The van der Waals surface area contributed by atoms with Gasteiger partial charge in [-0.1, -0.05) is 133 Å².